The van der Waals surface area contributed by atoms with Gasteiger partial charge in [-0.2, -0.15) is 0 Å². The molecule has 1 aromatic carbocycles. The van der Waals surface area contributed by atoms with Gasteiger partial charge in [-0.3, -0.25) is 0 Å². The van der Waals surface area contributed by atoms with E-state index >= 15 is 0 Å². The van der Waals surface area contributed by atoms with Crippen LogP contribution in [0.4, 0.5) is 0 Å². The summed E-state index contributed by atoms with van der Waals surface area (Å²) < 4.78 is 0. The molecule has 0 bridgehead atoms. The quantitative estimate of drug-likeness (QED) is 0.634. The molecule has 1 aromatic rings. The average molecular weight is 227 g/mol. The van der Waals surface area contributed by atoms with Gasteiger partial charge in [-0.1, -0.05) is 62.4 Å². The molecule has 0 heterocycles. The molecule has 0 aliphatic heterocycles. The smallest absolute Gasteiger partial charge is 0.0184 e. The van der Waals surface area contributed by atoms with Crippen LogP contribution in [0.2, 0.25) is 0 Å². The minimum Gasteiger partial charge on any atom is -0.103 e. The molecule has 1 radical (unpaired) electrons. The van der Waals surface area contributed by atoms with E-state index in [1.165, 1.54) is 50.5 Å². The van der Waals surface area contributed by atoms with Crippen LogP contribution in [0.1, 0.15) is 44.1 Å². The van der Waals surface area contributed by atoms with Crippen LogP contribution >= 0.6 is 0 Å². The fourth-order valence-corrected chi connectivity index (χ4v) is 3.12. The van der Waals surface area contributed by atoms with Gasteiger partial charge in [0.25, 0.3) is 0 Å². The molecular weight excluding hydrogens is 204 g/mol. The van der Waals surface area contributed by atoms with Crippen LogP contribution in [0.5, 0.6) is 0 Å². The molecule has 0 N–H and O–H groups in total. The first kappa shape index (κ1) is 12.4. The molecule has 2 rings (SSSR count). The molecule has 1 saturated carbocycles. The van der Waals surface area contributed by atoms with E-state index in [4.69, 9.17) is 0 Å². The van der Waals surface area contributed by atoms with Crippen LogP contribution in [-0.4, -0.2) is 0 Å². The molecule has 0 heteroatoms. The zero-order valence-corrected chi connectivity index (χ0v) is 10.7. The standard InChI is InChI=1S/C17H23/c1-2-9-17(16-12-7-4-8-13-16)14-15-10-5-3-6-11-15/h2,5-6,10-11,16-17H,1,4,7-9,12-14H2. The molecular formula is C17H23. The molecule has 1 fully saturated rings. The van der Waals surface area contributed by atoms with Crippen molar-refractivity contribution in [2.75, 3.05) is 0 Å². The van der Waals surface area contributed by atoms with Crippen LogP contribution in [0, 0.1) is 17.9 Å². The first-order chi connectivity index (χ1) is 8.40. The average Bonchev–Trinajstić information content (AvgIpc) is 2.40. The van der Waals surface area contributed by atoms with Crippen molar-refractivity contribution in [3.63, 3.8) is 0 Å². The highest BCUT2D eigenvalue weighted by atomic mass is 14.3. The predicted octanol–water partition coefficient (Wildman–Crippen LogP) is 4.80. The first-order valence-electron chi connectivity index (χ1n) is 6.96. The van der Waals surface area contributed by atoms with Gasteiger partial charge in [0.05, 0.1) is 0 Å². The highest BCUT2D eigenvalue weighted by Crippen LogP contribution is 2.33. The Morgan fingerprint density at radius 2 is 1.94 bits per heavy atom. The molecule has 1 aliphatic rings. The van der Waals surface area contributed by atoms with E-state index in [0.717, 1.165) is 11.8 Å². The zero-order chi connectivity index (χ0) is 11.9. The Balaban J connectivity index is 1.98. The van der Waals surface area contributed by atoms with Crippen molar-refractivity contribution in [2.45, 2.75) is 44.9 Å². The Labute approximate surface area is 106 Å². The highest BCUT2D eigenvalue weighted by molar-refractivity contribution is 5.14. The van der Waals surface area contributed by atoms with E-state index in [1.807, 2.05) is 12.1 Å². The molecule has 0 aromatic heterocycles. The third-order valence-electron chi connectivity index (χ3n) is 4.07. The molecule has 0 nitrogen and oxygen atoms in total. The SMILES string of the molecule is C=CCC(Cc1cc[c]cc1)C1CCCCC1. The van der Waals surface area contributed by atoms with Gasteiger partial charge in [0, 0.05) is 0 Å². The first-order valence-corrected chi connectivity index (χ1v) is 6.96. The molecule has 1 unspecified atom stereocenters. The summed E-state index contributed by atoms with van der Waals surface area (Å²) in [6.45, 7) is 3.93. The van der Waals surface area contributed by atoms with Crippen molar-refractivity contribution in [1.29, 1.82) is 0 Å². The van der Waals surface area contributed by atoms with Crippen molar-refractivity contribution >= 4 is 0 Å². The van der Waals surface area contributed by atoms with E-state index in [2.05, 4.69) is 30.9 Å². The Hall–Kier alpha value is -1.04. The summed E-state index contributed by atoms with van der Waals surface area (Å²) in [6, 6.07) is 11.6. The third-order valence-corrected chi connectivity index (χ3v) is 4.07. The molecule has 1 atom stereocenters. The third kappa shape index (κ3) is 3.73. The second kappa shape index (κ2) is 6.64. The summed E-state index contributed by atoms with van der Waals surface area (Å²) in [7, 11) is 0. The topological polar surface area (TPSA) is 0 Å². The lowest BCUT2D eigenvalue weighted by molar-refractivity contribution is 0.247. The van der Waals surface area contributed by atoms with Gasteiger partial charge >= 0.3 is 0 Å². The van der Waals surface area contributed by atoms with Gasteiger partial charge in [0.2, 0.25) is 0 Å². The summed E-state index contributed by atoms with van der Waals surface area (Å²) in [5, 5.41) is 0. The number of rotatable bonds is 5. The normalized spacial score (nSPS) is 18.8. The van der Waals surface area contributed by atoms with E-state index in [1.54, 1.807) is 0 Å². The lowest BCUT2D eigenvalue weighted by Gasteiger charge is -2.29. The lowest BCUT2D eigenvalue weighted by Crippen LogP contribution is -2.19. The Bertz CT molecular complexity index is 319. The van der Waals surface area contributed by atoms with E-state index < -0.39 is 0 Å². The van der Waals surface area contributed by atoms with Gasteiger partial charge in [0.1, 0.15) is 0 Å². The fraction of sp³-hybridized carbons (Fsp3) is 0.529. The Kier molecular flexibility index (Phi) is 4.85. The number of benzene rings is 1. The van der Waals surface area contributed by atoms with Crippen molar-refractivity contribution in [3.8, 4) is 0 Å². The predicted molar refractivity (Wildman–Crippen MR) is 73.9 cm³/mol. The summed E-state index contributed by atoms with van der Waals surface area (Å²) >= 11 is 0. The van der Waals surface area contributed by atoms with Crippen molar-refractivity contribution in [2.24, 2.45) is 11.8 Å². The van der Waals surface area contributed by atoms with Crippen LogP contribution < -0.4 is 0 Å². The number of hydrogen-bond acceptors (Lipinski definition) is 0. The van der Waals surface area contributed by atoms with Gasteiger partial charge < -0.3 is 0 Å². The monoisotopic (exact) mass is 227 g/mol. The second-order valence-corrected chi connectivity index (χ2v) is 5.29. The highest BCUT2D eigenvalue weighted by Gasteiger charge is 2.22. The van der Waals surface area contributed by atoms with Crippen LogP contribution in [0.25, 0.3) is 0 Å². The lowest BCUT2D eigenvalue weighted by atomic mass is 9.76. The van der Waals surface area contributed by atoms with E-state index in [9.17, 15) is 0 Å². The maximum absolute atomic E-state index is 3.93. The largest absolute Gasteiger partial charge is 0.103 e. The molecule has 0 amide bonds. The summed E-state index contributed by atoms with van der Waals surface area (Å²) in [4.78, 5) is 0. The molecule has 1 aliphatic carbocycles. The second-order valence-electron chi connectivity index (χ2n) is 5.29. The van der Waals surface area contributed by atoms with E-state index in [0.29, 0.717) is 0 Å². The van der Waals surface area contributed by atoms with Crippen LogP contribution in [0.15, 0.2) is 36.9 Å². The van der Waals surface area contributed by atoms with Crippen molar-refractivity contribution in [1.82, 2.24) is 0 Å². The Morgan fingerprint density at radius 3 is 2.59 bits per heavy atom. The number of allylic oxidation sites excluding steroid dienone is 1. The molecule has 0 saturated heterocycles. The van der Waals surface area contributed by atoms with Gasteiger partial charge in [-0.25, -0.2) is 0 Å². The maximum Gasteiger partial charge on any atom is -0.0184 e. The van der Waals surface area contributed by atoms with Gasteiger partial charge in [0.15, 0.2) is 0 Å². The molecule has 17 heavy (non-hydrogen) atoms. The van der Waals surface area contributed by atoms with Crippen LogP contribution in [0.3, 0.4) is 0 Å². The number of hydrogen-bond donors (Lipinski definition) is 0. The van der Waals surface area contributed by atoms with Crippen molar-refractivity contribution in [3.05, 3.63) is 48.6 Å². The Morgan fingerprint density at radius 1 is 1.24 bits per heavy atom. The van der Waals surface area contributed by atoms with Gasteiger partial charge in [-0.05, 0) is 36.3 Å². The van der Waals surface area contributed by atoms with Crippen LogP contribution in [-0.2, 0) is 6.42 Å². The van der Waals surface area contributed by atoms with Gasteiger partial charge in [-0.15, -0.1) is 6.58 Å². The molecule has 91 valence electrons. The molecule has 0 spiro atoms. The minimum atomic E-state index is 0.801. The summed E-state index contributed by atoms with van der Waals surface area (Å²) in [5.74, 6) is 1.72. The fourth-order valence-electron chi connectivity index (χ4n) is 3.12. The zero-order valence-electron chi connectivity index (χ0n) is 10.7. The minimum absolute atomic E-state index is 0.801. The van der Waals surface area contributed by atoms with Crippen molar-refractivity contribution < 1.29 is 0 Å². The summed E-state index contributed by atoms with van der Waals surface area (Å²) in [5.41, 5.74) is 1.46. The maximum atomic E-state index is 3.93. The van der Waals surface area contributed by atoms with E-state index in [-0.39, 0.29) is 0 Å². The summed E-state index contributed by atoms with van der Waals surface area (Å²) in [6.07, 6.45) is 11.7.